The molecule has 1 fully saturated rings. The number of methoxy groups -OCH3 is 1. The first-order valence-electron chi connectivity index (χ1n) is 7.21. The number of benzene rings is 1. The summed E-state index contributed by atoms with van der Waals surface area (Å²) in [6.45, 7) is 0. The van der Waals surface area contributed by atoms with Gasteiger partial charge in [-0.05, 0) is 37.1 Å². The number of ether oxygens (including phenoxy) is 1. The molecule has 0 spiro atoms. The van der Waals surface area contributed by atoms with Gasteiger partial charge in [-0.15, -0.1) is 0 Å². The van der Waals surface area contributed by atoms with Crippen molar-refractivity contribution in [1.29, 1.82) is 5.26 Å². The number of nitrogens with zero attached hydrogens (tertiary/aromatic N) is 4. The molecule has 22 heavy (non-hydrogen) atoms. The van der Waals surface area contributed by atoms with Crippen LogP contribution in [0, 0.1) is 11.3 Å². The summed E-state index contributed by atoms with van der Waals surface area (Å²) in [5, 5.41) is 9.13. The molecule has 0 amide bonds. The number of imidazole rings is 1. The lowest BCUT2D eigenvalue weighted by Gasteiger charge is -2.08. The minimum atomic E-state index is 0.458. The van der Waals surface area contributed by atoms with E-state index in [0.717, 1.165) is 35.3 Å². The molecule has 5 nitrogen and oxygen atoms in total. The summed E-state index contributed by atoms with van der Waals surface area (Å²) in [4.78, 5) is 8.98. The van der Waals surface area contributed by atoms with Gasteiger partial charge in [0.25, 0.3) is 0 Å². The number of aromatic nitrogens is 3. The maximum absolute atomic E-state index is 9.13. The van der Waals surface area contributed by atoms with Gasteiger partial charge in [0.15, 0.2) is 0 Å². The first kappa shape index (κ1) is 12.8. The topological polar surface area (TPSA) is 63.7 Å². The summed E-state index contributed by atoms with van der Waals surface area (Å²) < 4.78 is 7.49. The van der Waals surface area contributed by atoms with Gasteiger partial charge in [-0.25, -0.2) is 4.98 Å². The predicted molar refractivity (Wildman–Crippen MR) is 82.5 cm³/mol. The van der Waals surface area contributed by atoms with Crippen LogP contribution in [0.5, 0.6) is 5.75 Å². The molecule has 0 radical (unpaired) electrons. The molecule has 1 aromatic carbocycles. The first-order chi connectivity index (χ1) is 10.8. The summed E-state index contributed by atoms with van der Waals surface area (Å²) in [7, 11) is 1.63. The van der Waals surface area contributed by atoms with Crippen molar-refractivity contribution in [3.05, 3.63) is 42.2 Å². The summed E-state index contributed by atoms with van der Waals surface area (Å²) in [5.41, 5.74) is 3.51. The average Bonchev–Trinajstić information content (AvgIpc) is 3.34. The molecular weight excluding hydrogens is 276 g/mol. The van der Waals surface area contributed by atoms with E-state index < -0.39 is 0 Å². The van der Waals surface area contributed by atoms with Crippen molar-refractivity contribution < 1.29 is 4.74 Å². The van der Waals surface area contributed by atoms with Crippen molar-refractivity contribution in [3.8, 4) is 23.2 Å². The Bertz CT molecular complexity index is 903. The Morgan fingerprint density at radius 3 is 2.86 bits per heavy atom. The highest BCUT2D eigenvalue weighted by Crippen LogP contribution is 2.41. The van der Waals surface area contributed by atoms with Gasteiger partial charge < -0.3 is 9.30 Å². The van der Waals surface area contributed by atoms with Gasteiger partial charge >= 0.3 is 0 Å². The third-order valence-corrected chi connectivity index (χ3v) is 3.94. The number of hydrogen-bond donors (Lipinski definition) is 0. The van der Waals surface area contributed by atoms with E-state index in [2.05, 4.69) is 15.6 Å². The van der Waals surface area contributed by atoms with Crippen molar-refractivity contribution in [2.45, 2.75) is 18.9 Å². The molecule has 4 rings (SSSR count). The van der Waals surface area contributed by atoms with Crippen LogP contribution < -0.4 is 4.74 Å². The molecule has 0 unspecified atom stereocenters. The van der Waals surface area contributed by atoms with Gasteiger partial charge in [0.05, 0.1) is 36.0 Å². The Balaban J connectivity index is 1.97. The Morgan fingerprint density at radius 2 is 2.14 bits per heavy atom. The van der Waals surface area contributed by atoms with Gasteiger partial charge in [0, 0.05) is 17.8 Å². The fraction of sp³-hybridized carbons (Fsp3) is 0.235. The molecule has 2 aromatic heterocycles. The van der Waals surface area contributed by atoms with Crippen molar-refractivity contribution in [2.24, 2.45) is 0 Å². The van der Waals surface area contributed by atoms with E-state index in [0.29, 0.717) is 17.4 Å². The highest BCUT2D eigenvalue weighted by Gasteiger charge is 2.29. The van der Waals surface area contributed by atoms with Gasteiger partial charge in [0.1, 0.15) is 11.6 Å². The normalized spacial score (nSPS) is 14.0. The Kier molecular flexibility index (Phi) is 2.83. The zero-order valence-electron chi connectivity index (χ0n) is 12.2. The van der Waals surface area contributed by atoms with Crippen molar-refractivity contribution in [1.82, 2.24) is 14.5 Å². The van der Waals surface area contributed by atoms with Crippen molar-refractivity contribution in [2.75, 3.05) is 7.11 Å². The predicted octanol–water partition coefficient (Wildman–Crippen LogP) is 3.31. The summed E-state index contributed by atoms with van der Waals surface area (Å²) >= 11 is 0. The number of pyridine rings is 1. The molecule has 1 aliphatic rings. The van der Waals surface area contributed by atoms with E-state index in [4.69, 9.17) is 15.0 Å². The van der Waals surface area contributed by atoms with E-state index in [-0.39, 0.29) is 0 Å². The molecule has 3 aromatic rings. The molecule has 5 heteroatoms. The third kappa shape index (κ3) is 2.01. The molecule has 1 aliphatic carbocycles. The lowest BCUT2D eigenvalue weighted by molar-refractivity contribution is 0.413. The zero-order chi connectivity index (χ0) is 15.1. The molecule has 0 aliphatic heterocycles. The Labute approximate surface area is 127 Å². The van der Waals surface area contributed by atoms with Gasteiger partial charge in [-0.1, -0.05) is 0 Å². The Morgan fingerprint density at radius 1 is 1.27 bits per heavy atom. The van der Waals surface area contributed by atoms with Crippen LogP contribution in [0.25, 0.3) is 22.4 Å². The van der Waals surface area contributed by atoms with E-state index in [1.807, 2.05) is 18.2 Å². The number of fused-ring (bicyclic) bond motifs is 1. The van der Waals surface area contributed by atoms with Crippen LogP contribution in [0.4, 0.5) is 0 Å². The Hall–Kier alpha value is -2.87. The van der Waals surface area contributed by atoms with Crippen molar-refractivity contribution in [3.63, 3.8) is 0 Å². The minimum absolute atomic E-state index is 0.458. The summed E-state index contributed by atoms with van der Waals surface area (Å²) in [5.74, 6) is 1.60. The van der Waals surface area contributed by atoms with E-state index in [1.54, 1.807) is 25.6 Å². The molecule has 0 bridgehead atoms. The standard InChI is InChI=1S/C17H14N4O/c1-22-14-7-12(9-19-10-14)17-20-15-5-2-11(8-18)6-16(15)21(17)13-3-4-13/h2,5-7,9-10,13H,3-4H2,1H3. The average molecular weight is 290 g/mol. The first-order valence-corrected chi connectivity index (χ1v) is 7.21. The number of hydrogen-bond acceptors (Lipinski definition) is 4. The fourth-order valence-corrected chi connectivity index (χ4v) is 2.72. The van der Waals surface area contributed by atoms with Gasteiger partial charge in [0.2, 0.25) is 0 Å². The van der Waals surface area contributed by atoms with Crippen LogP contribution in [0.2, 0.25) is 0 Å². The van der Waals surface area contributed by atoms with Crippen LogP contribution in [-0.4, -0.2) is 21.6 Å². The molecular formula is C17H14N4O. The van der Waals surface area contributed by atoms with E-state index >= 15 is 0 Å². The smallest absolute Gasteiger partial charge is 0.143 e. The molecule has 2 heterocycles. The largest absolute Gasteiger partial charge is 0.495 e. The monoisotopic (exact) mass is 290 g/mol. The molecule has 108 valence electrons. The van der Waals surface area contributed by atoms with E-state index in [9.17, 15) is 0 Å². The molecule has 0 atom stereocenters. The van der Waals surface area contributed by atoms with Crippen LogP contribution in [0.15, 0.2) is 36.7 Å². The number of nitriles is 1. The molecule has 0 N–H and O–H groups in total. The van der Waals surface area contributed by atoms with Crippen LogP contribution >= 0.6 is 0 Å². The highest BCUT2D eigenvalue weighted by molar-refractivity contribution is 5.82. The molecule has 0 saturated heterocycles. The summed E-state index contributed by atoms with van der Waals surface area (Å²) in [6, 6.07) is 10.2. The van der Waals surface area contributed by atoms with Crippen LogP contribution in [0.1, 0.15) is 24.4 Å². The second-order valence-corrected chi connectivity index (χ2v) is 5.47. The maximum Gasteiger partial charge on any atom is 0.143 e. The lowest BCUT2D eigenvalue weighted by Crippen LogP contribution is -1.98. The highest BCUT2D eigenvalue weighted by atomic mass is 16.5. The second kappa shape index (κ2) is 4.85. The van der Waals surface area contributed by atoms with Gasteiger partial charge in [-0.3, -0.25) is 4.98 Å². The lowest BCUT2D eigenvalue weighted by atomic mass is 10.2. The van der Waals surface area contributed by atoms with Gasteiger partial charge in [-0.2, -0.15) is 5.26 Å². The van der Waals surface area contributed by atoms with Crippen LogP contribution in [-0.2, 0) is 0 Å². The van der Waals surface area contributed by atoms with Crippen molar-refractivity contribution >= 4 is 11.0 Å². The number of rotatable bonds is 3. The minimum Gasteiger partial charge on any atom is -0.495 e. The maximum atomic E-state index is 9.13. The third-order valence-electron chi connectivity index (χ3n) is 3.94. The SMILES string of the molecule is COc1cncc(-c2nc3ccc(C#N)cc3n2C2CC2)c1. The second-order valence-electron chi connectivity index (χ2n) is 5.47. The van der Waals surface area contributed by atoms with E-state index in [1.165, 1.54) is 0 Å². The molecule has 1 saturated carbocycles. The fourth-order valence-electron chi connectivity index (χ4n) is 2.72. The van der Waals surface area contributed by atoms with Crippen LogP contribution in [0.3, 0.4) is 0 Å². The quantitative estimate of drug-likeness (QED) is 0.742. The zero-order valence-corrected chi connectivity index (χ0v) is 12.2. The summed E-state index contributed by atoms with van der Waals surface area (Å²) in [6.07, 6.45) is 5.77.